The number of aromatic hydroxyl groups is 1. The zero-order chi connectivity index (χ0) is 16.1. The maximum absolute atomic E-state index is 11.9. The lowest BCUT2D eigenvalue weighted by atomic mass is 10.1. The summed E-state index contributed by atoms with van der Waals surface area (Å²) in [6, 6.07) is 12.2. The molecule has 0 saturated carbocycles. The van der Waals surface area contributed by atoms with Gasteiger partial charge < -0.3 is 15.6 Å². The molecule has 0 aliphatic carbocycles. The van der Waals surface area contributed by atoms with Gasteiger partial charge in [-0.05, 0) is 42.7 Å². The number of esters is 2. The van der Waals surface area contributed by atoms with Crippen LogP contribution in [0.3, 0.4) is 0 Å². The molecule has 114 valence electrons. The van der Waals surface area contributed by atoms with Crippen molar-refractivity contribution in [2.75, 3.05) is 0 Å². The van der Waals surface area contributed by atoms with Crippen molar-refractivity contribution >= 4 is 11.9 Å². The van der Waals surface area contributed by atoms with Gasteiger partial charge >= 0.3 is 11.9 Å². The molecule has 0 radical (unpaired) electrons. The van der Waals surface area contributed by atoms with E-state index < -0.39 is 18.0 Å². The summed E-state index contributed by atoms with van der Waals surface area (Å²) in [6.07, 6.45) is 0.222. The van der Waals surface area contributed by atoms with Gasteiger partial charge in [-0.1, -0.05) is 30.3 Å². The average molecular weight is 299 g/mol. The van der Waals surface area contributed by atoms with Crippen molar-refractivity contribution in [2.45, 2.75) is 19.4 Å². The van der Waals surface area contributed by atoms with Gasteiger partial charge in [0.2, 0.25) is 0 Å². The van der Waals surface area contributed by atoms with Gasteiger partial charge in [0.1, 0.15) is 11.8 Å². The molecular weight excluding hydrogens is 282 g/mol. The van der Waals surface area contributed by atoms with E-state index in [0.717, 1.165) is 11.1 Å². The molecule has 0 unspecified atom stereocenters. The largest absolute Gasteiger partial charge is 0.508 e. The second-order valence-corrected chi connectivity index (χ2v) is 5.00. The number of ether oxygens (including phenoxy) is 1. The minimum absolute atomic E-state index is 0.134. The molecule has 2 aromatic carbocycles. The summed E-state index contributed by atoms with van der Waals surface area (Å²) in [7, 11) is 0. The molecular formula is C17H17NO4. The van der Waals surface area contributed by atoms with Crippen LogP contribution in [0.25, 0.3) is 0 Å². The molecule has 2 aromatic rings. The Morgan fingerprint density at radius 1 is 1.14 bits per heavy atom. The van der Waals surface area contributed by atoms with Crippen LogP contribution in [-0.2, 0) is 16.0 Å². The van der Waals surface area contributed by atoms with Gasteiger partial charge in [0.15, 0.2) is 0 Å². The Kier molecular flexibility index (Phi) is 4.91. The highest BCUT2D eigenvalue weighted by Gasteiger charge is 2.21. The molecule has 0 amide bonds. The maximum Gasteiger partial charge on any atom is 0.346 e. The van der Waals surface area contributed by atoms with E-state index in [-0.39, 0.29) is 12.2 Å². The van der Waals surface area contributed by atoms with E-state index in [1.165, 1.54) is 12.1 Å². The van der Waals surface area contributed by atoms with Crippen molar-refractivity contribution in [3.63, 3.8) is 0 Å². The van der Waals surface area contributed by atoms with Gasteiger partial charge in [-0.15, -0.1) is 0 Å². The second-order valence-electron chi connectivity index (χ2n) is 5.00. The summed E-state index contributed by atoms with van der Waals surface area (Å²) in [5, 5.41) is 9.20. The van der Waals surface area contributed by atoms with E-state index in [2.05, 4.69) is 0 Å². The molecule has 3 N–H and O–H groups in total. The van der Waals surface area contributed by atoms with Gasteiger partial charge in [0.05, 0.1) is 5.56 Å². The lowest BCUT2D eigenvalue weighted by Crippen LogP contribution is -2.35. The van der Waals surface area contributed by atoms with Gasteiger partial charge in [-0.25, -0.2) is 9.59 Å². The number of benzene rings is 2. The molecule has 0 bridgehead atoms. The van der Waals surface area contributed by atoms with E-state index in [1.54, 1.807) is 43.3 Å². The zero-order valence-electron chi connectivity index (χ0n) is 12.2. The third-order valence-corrected chi connectivity index (χ3v) is 3.25. The highest BCUT2D eigenvalue weighted by atomic mass is 16.6. The van der Waals surface area contributed by atoms with Crippen LogP contribution in [0.1, 0.15) is 21.5 Å². The summed E-state index contributed by atoms with van der Waals surface area (Å²) in [6.45, 7) is 1.76. The van der Waals surface area contributed by atoms with Crippen LogP contribution in [0.15, 0.2) is 48.5 Å². The predicted octanol–water partition coefficient (Wildman–Crippen LogP) is 1.95. The molecule has 0 aliphatic heterocycles. The van der Waals surface area contributed by atoms with Crippen molar-refractivity contribution in [2.24, 2.45) is 5.73 Å². The van der Waals surface area contributed by atoms with E-state index in [1.807, 2.05) is 0 Å². The van der Waals surface area contributed by atoms with Gasteiger partial charge in [-0.3, -0.25) is 0 Å². The maximum atomic E-state index is 11.9. The van der Waals surface area contributed by atoms with Gasteiger partial charge in [-0.2, -0.15) is 0 Å². The Bertz CT molecular complexity index is 679. The van der Waals surface area contributed by atoms with Crippen LogP contribution in [0.5, 0.6) is 5.75 Å². The lowest BCUT2D eigenvalue weighted by Gasteiger charge is -2.11. The normalized spacial score (nSPS) is 11.7. The van der Waals surface area contributed by atoms with E-state index in [4.69, 9.17) is 10.5 Å². The predicted molar refractivity (Wildman–Crippen MR) is 81.4 cm³/mol. The third kappa shape index (κ3) is 3.93. The first-order chi connectivity index (χ1) is 10.5. The number of hydrogen-bond acceptors (Lipinski definition) is 5. The summed E-state index contributed by atoms with van der Waals surface area (Å²) in [5.41, 5.74) is 7.60. The summed E-state index contributed by atoms with van der Waals surface area (Å²) >= 11 is 0. The number of phenolic OH excluding ortho intramolecular Hbond substituents is 1. The SMILES string of the molecule is Cc1ccccc1C(=O)OC(=O)[C@@H](N)Cc1ccc(O)cc1. The molecule has 0 fully saturated rings. The average Bonchev–Trinajstić information content (AvgIpc) is 2.49. The first-order valence-electron chi connectivity index (χ1n) is 6.82. The fourth-order valence-electron chi connectivity index (χ4n) is 1.99. The highest BCUT2D eigenvalue weighted by molar-refractivity contribution is 5.99. The molecule has 0 heterocycles. The number of rotatable bonds is 4. The molecule has 1 atom stereocenters. The van der Waals surface area contributed by atoms with E-state index in [9.17, 15) is 14.7 Å². The van der Waals surface area contributed by atoms with Crippen molar-refractivity contribution in [1.29, 1.82) is 0 Å². The molecule has 0 aliphatic rings. The van der Waals surface area contributed by atoms with E-state index in [0.29, 0.717) is 5.56 Å². The molecule has 2 rings (SSSR count). The minimum Gasteiger partial charge on any atom is -0.508 e. The third-order valence-electron chi connectivity index (χ3n) is 3.25. The standard InChI is InChI=1S/C17H17NO4/c1-11-4-2-3-5-14(11)16(20)22-17(21)15(18)10-12-6-8-13(19)9-7-12/h2-9,15,19H,10,18H2,1H3/t15-/m0/s1. The van der Waals surface area contributed by atoms with Gasteiger partial charge in [0, 0.05) is 0 Å². The van der Waals surface area contributed by atoms with Crippen molar-refractivity contribution in [3.05, 3.63) is 65.2 Å². The first-order valence-corrected chi connectivity index (χ1v) is 6.82. The number of phenols is 1. The smallest absolute Gasteiger partial charge is 0.346 e. The van der Waals surface area contributed by atoms with Crippen LogP contribution in [0.4, 0.5) is 0 Å². The summed E-state index contributed by atoms with van der Waals surface area (Å²) < 4.78 is 4.82. The Morgan fingerprint density at radius 3 is 2.41 bits per heavy atom. The molecule has 0 saturated heterocycles. The van der Waals surface area contributed by atoms with Crippen LogP contribution in [-0.4, -0.2) is 23.1 Å². The topological polar surface area (TPSA) is 89.6 Å². The van der Waals surface area contributed by atoms with Crippen LogP contribution >= 0.6 is 0 Å². The second kappa shape index (κ2) is 6.87. The van der Waals surface area contributed by atoms with E-state index >= 15 is 0 Å². The Hall–Kier alpha value is -2.66. The fraction of sp³-hybridized carbons (Fsp3) is 0.176. The summed E-state index contributed by atoms with van der Waals surface area (Å²) in [4.78, 5) is 23.8. The number of carbonyl (C=O) groups is 2. The molecule has 0 aromatic heterocycles. The lowest BCUT2D eigenvalue weighted by molar-refractivity contribution is -0.139. The zero-order valence-corrected chi connectivity index (χ0v) is 12.2. The monoisotopic (exact) mass is 299 g/mol. The minimum atomic E-state index is -0.947. The Morgan fingerprint density at radius 2 is 1.77 bits per heavy atom. The number of carbonyl (C=O) groups excluding carboxylic acids is 2. The van der Waals surface area contributed by atoms with Crippen LogP contribution in [0.2, 0.25) is 0 Å². The quantitative estimate of drug-likeness (QED) is 0.665. The fourth-order valence-corrected chi connectivity index (χ4v) is 1.99. The highest BCUT2D eigenvalue weighted by Crippen LogP contribution is 2.12. The molecule has 22 heavy (non-hydrogen) atoms. The molecule has 5 heteroatoms. The molecule has 0 spiro atoms. The van der Waals surface area contributed by atoms with Crippen molar-refractivity contribution in [3.8, 4) is 5.75 Å². The number of aryl methyl sites for hydroxylation is 1. The van der Waals surface area contributed by atoms with Crippen molar-refractivity contribution in [1.82, 2.24) is 0 Å². The van der Waals surface area contributed by atoms with Crippen LogP contribution in [0, 0.1) is 6.92 Å². The first kappa shape index (κ1) is 15.7. The molecule has 5 nitrogen and oxygen atoms in total. The Labute approximate surface area is 128 Å². The number of hydrogen-bond donors (Lipinski definition) is 2. The number of nitrogens with two attached hydrogens (primary N) is 1. The van der Waals surface area contributed by atoms with Crippen molar-refractivity contribution < 1.29 is 19.4 Å². The summed E-state index contributed by atoms with van der Waals surface area (Å²) in [5.74, 6) is -1.35. The Balaban J connectivity index is 1.98. The van der Waals surface area contributed by atoms with Gasteiger partial charge in [0.25, 0.3) is 0 Å². The van der Waals surface area contributed by atoms with Crippen LogP contribution < -0.4 is 5.73 Å².